The van der Waals surface area contributed by atoms with E-state index in [9.17, 15) is 9.18 Å². The summed E-state index contributed by atoms with van der Waals surface area (Å²) in [6.07, 6.45) is 4.36. The van der Waals surface area contributed by atoms with Crippen LogP contribution in [0, 0.1) is 5.82 Å². The highest BCUT2D eigenvalue weighted by Crippen LogP contribution is 2.23. The Labute approximate surface area is 174 Å². The van der Waals surface area contributed by atoms with Gasteiger partial charge in [0.1, 0.15) is 29.7 Å². The van der Waals surface area contributed by atoms with E-state index >= 15 is 0 Å². The summed E-state index contributed by atoms with van der Waals surface area (Å²) in [6.45, 7) is 6.73. The average molecular weight is 412 g/mol. The standard InChI is InChI=1S/C22H25FN4O3/c1-22(2,3)30-21(28)26-9-7-17(8-10-26)29-20-13-19(24-14-25-20)27-11-6-15-12-16(23)4-5-18(15)27/h4-6,11-14,17H,7-10H2,1-3H3. The van der Waals surface area contributed by atoms with Gasteiger partial charge in [0.2, 0.25) is 5.88 Å². The van der Waals surface area contributed by atoms with Crippen LogP contribution in [0.4, 0.5) is 9.18 Å². The van der Waals surface area contributed by atoms with Gasteiger partial charge in [0, 0.05) is 43.6 Å². The van der Waals surface area contributed by atoms with Crippen molar-refractivity contribution in [1.82, 2.24) is 19.4 Å². The Kier molecular flexibility index (Phi) is 5.32. The van der Waals surface area contributed by atoms with Crippen LogP contribution < -0.4 is 4.74 Å². The molecule has 1 aromatic carbocycles. The minimum absolute atomic E-state index is 0.0399. The van der Waals surface area contributed by atoms with E-state index in [-0.39, 0.29) is 18.0 Å². The number of hydrogen-bond acceptors (Lipinski definition) is 5. The number of likely N-dealkylation sites (tertiary alicyclic amines) is 1. The van der Waals surface area contributed by atoms with E-state index in [1.54, 1.807) is 17.0 Å². The number of halogens is 1. The molecular formula is C22H25FN4O3. The summed E-state index contributed by atoms with van der Waals surface area (Å²) in [5.74, 6) is 0.845. The van der Waals surface area contributed by atoms with Crippen LogP contribution in [0.1, 0.15) is 33.6 Å². The molecule has 0 bridgehead atoms. The Bertz CT molecular complexity index is 1050. The number of rotatable bonds is 3. The third-order valence-corrected chi connectivity index (χ3v) is 4.91. The molecule has 8 heteroatoms. The van der Waals surface area contributed by atoms with Crippen molar-refractivity contribution in [2.75, 3.05) is 13.1 Å². The van der Waals surface area contributed by atoms with E-state index in [1.807, 2.05) is 37.6 Å². The molecular weight excluding hydrogens is 387 g/mol. The van der Waals surface area contributed by atoms with Crippen molar-refractivity contribution in [3.63, 3.8) is 0 Å². The highest BCUT2D eigenvalue weighted by Gasteiger charge is 2.27. The molecule has 7 nitrogen and oxygen atoms in total. The molecule has 1 amide bonds. The van der Waals surface area contributed by atoms with Crippen molar-refractivity contribution < 1.29 is 18.7 Å². The fraction of sp³-hybridized carbons (Fsp3) is 0.409. The number of aromatic nitrogens is 3. The van der Waals surface area contributed by atoms with Gasteiger partial charge in [0.25, 0.3) is 0 Å². The molecule has 0 unspecified atom stereocenters. The summed E-state index contributed by atoms with van der Waals surface area (Å²) < 4.78 is 26.8. The van der Waals surface area contributed by atoms with Crippen LogP contribution in [-0.2, 0) is 4.74 Å². The largest absolute Gasteiger partial charge is 0.474 e. The van der Waals surface area contributed by atoms with Crippen LogP contribution in [-0.4, -0.2) is 50.3 Å². The minimum atomic E-state index is -0.504. The lowest BCUT2D eigenvalue weighted by molar-refractivity contribution is 0.0123. The molecule has 1 aliphatic heterocycles. The van der Waals surface area contributed by atoms with Crippen molar-refractivity contribution in [3.05, 3.63) is 48.7 Å². The lowest BCUT2D eigenvalue weighted by atomic mass is 10.1. The molecule has 0 atom stereocenters. The quantitative estimate of drug-likeness (QED) is 0.640. The molecule has 1 saturated heterocycles. The van der Waals surface area contributed by atoms with Crippen LogP contribution in [0.25, 0.3) is 16.7 Å². The predicted molar refractivity (Wildman–Crippen MR) is 110 cm³/mol. The summed E-state index contributed by atoms with van der Waals surface area (Å²) in [6, 6.07) is 8.24. The van der Waals surface area contributed by atoms with Gasteiger partial charge in [-0.15, -0.1) is 0 Å². The number of carbonyl (C=O) groups is 1. The van der Waals surface area contributed by atoms with Gasteiger partial charge in [0.15, 0.2) is 0 Å². The number of ether oxygens (including phenoxy) is 2. The van der Waals surface area contributed by atoms with Crippen LogP contribution in [0.5, 0.6) is 5.88 Å². The molecule has 1 aliphatic rings. The van der Waals surface area contributed by atoms with Gasteiger partial charge in [-0.1, -0.05) is 0 Å². The summed E-state index contributed by atoms with van der Waals surface area (Å²) in [5, 5.41) is 0.797. The Morgan fingerprint density at radius 1 is 1.13 bits per heavy atom. The second-order valence-corrected chi connectivity index (χ2v) is 8.39. The molecule has 3 aromatic rings. The smallest absolute Gasteiger partial charge is 0.410 e. The van der Waals surface area contributed by atoms with E-state index in [0.717, 1.165) is 10.9 Å². The van der Waals surface area contributed by atoms with Crippen molar-refractivity contribution in [2.24, 2.45) is 0 Å². The Balaban J connectivity index is 1.41. The summed E-state index contributed by atoms with van der Waals surface area (Å²) >= 11 is 0. The third-order valence-electron chi connectivity index (χ3n) is 4.91. The first-order valence-electron chi connectivity index (χ1n) is 10.0. The summed E-state index contributed by atoms with van der Waals surface area (Å²) in [5.41, 5.74) is 0.350. The number of benzene rings is 1. The molecule has 0 radical (unpaired) electrons. The predicted octanol–water partition coefficient (Wildman–Crippen LogP) is 4.34. The van der Waals surface area contributed by atoms with Gasteiger partial charge < -0.3 is 18.9 Å². The molecule has 0 aliphatic carbocycles. The highest BCUT2D eigenvalue weighted by atomic mass is 19.1. The molecule has 0 N–H and O–H groups in total. The number of carbonyl (C=O) groups excluding carboxylic acids is 1. The number of amides is 1. The topological polar surface area (TPSA) is 69.5 Å². The van der Waals surface area contributed by atoms with Crippen LogP contribution >= 0.6 is 0 Å². The zero-order valence-corrected chi connectivity index (χ0v) is 17.3. The van der Waals surface area contributed by atoms with E-state index in [1.165, 1.54) is 18.5 Å². The number of hydrogen-bond donors (Lipinski definition) is 0. The number of nitrogens with zero attached hydrogens (tertiary/aromatic N) is 4. The molecule has 158 valence electrons. The van der Waals surface area contributed by atoms with Gasteiger partial charge >= 0.3 is 6.09 Å². The van der Waals surface area contributed by atoms with Gasteiger partial charge in [-0.3, -0.25) is 0 Å². The van der Waals surface area contributed by atoms with E-state index in [0.29, 0.717) is 37.6 Å². The van der Waals surface area contributed by atoms with Gasteiger partial charge in [-0.2, -0.15) is 0 Å². The van der Waals surface area contributed by atoms with Gasteiger partial charge in [-0.05, 0) is 45.0 Å². The van der Waals surface area contributed by atoms with Crippen LogP contribution in [0.15, 0.2) is 42.9 Å². The van der Waals surface area contributed by atoms with Crippen molar-refractivity contribution in [1.29, 1.82) is 0 Å². The van der Waals surface area contributed by atoms with Gasteiger partial charge in [-0.25, -0.2) is 19.2 Å². The summed E-state index contributed by atoms with van der Waals surface area (Å²) in [4.78, 5) is 22.5. The van der Waals surface area contributed by atoms with Crippen molar-refractivity contribution in [2.45, 2.75) is 45.3 Å². The van der Waals surface area contributed by atoms with E-state index in [2.05, 4.69) is 9.97 Å². The van der Waals surface area contributed by atoms with Crippen molar-refractivity contribution in [3.8, 4) is 11.7 Å². The zero-order chi connectivity index (χ0) is 21.3. The first kappa shape index (κ1) is 20.1. The monoisotopic (exact) mass is 412 g/mol. The first-order chi connectivity index (χ1) is 14.3. The fourth-order valence-corrected chi connectivity index (χ4v) is 3.49. The Morgan fingerprint density at radius 2 is 1.90 bits per heavy atom. The van der Waals surface area contributed by atoms with Crippen molar-refractivity contribution >= 4 is 17.0 Å². The molecule has 0 saturated carbocycles. The average Bonchev–Trinajstić information content (AvgIpc) is 3.10. The molecule has 3 heterocycles. The lowest BCUT2D eigenvalue weighted by Crippen LogP contribution is -2.44. The maximum absolute atomic E-state index is 13.4. The SMILES string of the molecule is CC(C)(C)OC(=O)N1CCC(Oc2cc(-n3ccc4cc(F)ccc43)ncn2)CC1. The van der Waals surface area contributed by atoms with Crippen LogP contribution in [0.2, 0.25) is 0 Å². The van der Waals surface area contributed by atoms with Gasteiger partial charge in [0.05, 0.1) is 5.52 Å². The number of piperidine rings is 1. The van der Waals surface area contributed by atoms with Crippen LogP contribution in [0.3, 0.4) is 0 Å². The highest BCUT2D eigenvalue weighted by molar-refractivity contribution is 5.81. The molecule has 30 heavy (non-hydrogen) atoms. The zero-order valence-electron chi connectivity index (χ0n) is 17.3. The van der Waals surface area contributed by atoms with E-state index in [4.69, 9.17) is 9.47 Å². The third kappa shape index (κ3) is 4.53. The maximum Gasteiger partial charge on any atom is 0.410 e. The maximum atomic E-state index is 13.4. The first-order valence-corrected chi connectivity index (χ1v) is 10.0. The molecule has 0 spiro atoms. The number of fused-ring (bicyclic) bond motifs is 1. The second kappa shape index (κ2) is 7.93. The Hall–Kier alpha value is -3.16. The normalized spacial score (nSPS) is 15.4. The molecule has 1 fully saturated rings. The summed E-state index contributed by atoms with van der Waals surface area (Å²) in [7, 11) is 0. The van der Waals surface area contributed by atoms with E-state index < -0.39 is 5.60 Å². The second-order valence-electron chi connectivity index (χ2n) is 8.39. The fourth-order valence-electron chi connectivity index (χ4n) is 3.49. The molecule has 4 rings (SSSR count). The lowest BCUT2D eigenvalue weighted by Gasteiger charge is -2.33. The molecule has 2 aromatic heterocycles. The minimum Gasteiger partial charge on any atom is -0.474 e. The Morgan fingerprint density at radius 3 is 2.63 bits per heavy atom.